The molecule has 2 aliphatic rings. The molecule has 0 saturated carbocycles. The topological polar surface area (TPSA) is 79.0 Å². The van der Waals surface area contributed by atoms with Gasteiger partial charge in [0.1, 0.15) is 0 Å². The van der Waals surface area contributed by atoms with E-state index < -0.39 is 10.0 Å². The lowest BCUT2D eigenvalue weighted by atomic mass is 10.1. The van der Waals surface area contributed by atoms with E-state index >= 15 is 0 Å². The predicted octanol–water partition coefficient (Wildman–Crippen LogP) is 1.34. The summed E-state index contributed by atoms with van der Waals surface area (Å²) in [6.45, 7) is 8.47. The van der Waals surface area contributed by atoms with Gasteiger partial charge in [-0.3, -0.25) is 4.79 Å². The van der Waals surface area contributed by atoms with Gasteiger partial charge < -0.3 is 15.0 Å². The number of rotatable bonds is 3. The fourth-order valence-corrected chi connectivity index (χ4v) is 5.21. The predicted molar refractivity (Wildman–Crippen MR) is 106 cm³/mol. The van der Waals surface area contributed by atoms with Gasteiger partial charge in [-0.15, -0.1) is 12.4 Å². The van der Waals surface area contributed by atoms with Crippen LogP contribution in [0.1, 0.15) is 31.1 Å². The SMILES string of the molecule is CC1CN(S(=O)(=O)c2cccc(C(=O)N3CCNC[C@@H]3C)c2)CC(C)O1.Cl. The molecule has 2 heterocycles. The average molecular weight is 418 g/mol. The maximum Gasteiger partial charge on any atom is 0.254 e. The maximum atomic E-state index is 13.0. The van der Waals surface area contributed by atoms with Gasteiger partial charge in [-0.1, -0.05) is 6.07 Å². The van der Waals surface area contributed by atoms with E-state index in [4.69, 9.17) is 4.74 Å². The van der Waals surface area contributed by atoms with E-state index in [2.05, 4.69) is 5.32 Å². The number of carbonyl (C=O) groups excluding carboxylic acids is 1. The first-order chi connectivity index (χ1) is 12.3. The van der Waals surface area contributed by atoms with Crippen LogP contribution in [-0.4, -0.2) is 74.5 Å². The summed E-state index contributed by atoms with van der Waals surface area (Å²) in [6, 6.07) is 6.45. The van der Waals surface area contributed by atoms with Crippen molar-refractivity contribution in [1.82, 2.24) is 14.5 Å². The lowest BCUT2D eigenvalue weighted by Gasteiger charge is -2.35. The van der Waals surface area contributed by atoms with Crippen LogP contribution in [0.15, 0.2) is 29.2 Å². The van der Waals surface area contributed by atoms with E-state index in [1.165, 1.54) is 10.4 Å². The molecular formula is C18H28ClN3O4S. The molecule has 9 heteroatoms. The third kappa shape index (κ3) is 4.81. The van der Waals surface area contributed by atoms with E-state index in [0.717, 1.165) is 13.1 Å². The standard InChI is InChI=1S/C18H27N3O4S.ClH/c1-13-10-19-7-8-21(13)18(22)16-5-4-6-17(9-16)26(23,24)20-11-14(2)25-15(3)12-20;/h4-6,9,13-15,19H,7-8,10-12H2,1-3H3;1H/t13-,14?,15?;/m0./s1. The van der Waals surface area contributed by atoms with Gasteiger partial charge in [0.05, 0.1) is 17.1 Å². The highest BCUT2D eigenvalue weighted by molar-refractivity contribution is 7.89. The Balaban J connectivity index is 0.00000261. The van der Waals surface area contributed by atoms with Crippen LogP contribution in [0.3, 0.4) is 0 Å². The van der Waals surface area contributed by atoms with Crippen molar-refractivity contribution in [2.75, 3.05) is 32.7 Å². The number of benzene rings is 1. The summed E-state index contributed by atoms with van der Waals surface area (Å²) < 4.78 is 33.1. The zero-order valence-electron chi connectivity index (χ0n) is 15.9. The molecule has 0 aliphatic carbocycles. The summed E-state index contributed by atoms with van der Waals surface area (Å²) in [6.07, 6.45) is -0.305. The summed E-state index contributed by atoms with van der Waals surface area (Å²) in [5.74, 6) is -0.125. The normalized spacial score (nSPS) is 27.1. The minimum Gasteiger partial charge on any atom is -0.373 e. The molecule has 1 aromatic carbocycles. The number of halogens is 1. The van der Waals surface area contributed by atoms with Gasteiger partial charge in [0.25, 0.3) is 5.91 Å². The number of amides is 1. The fourth-order valence-electron chi connectivity index (χ4n) is 3.57. The second-order valence-electron chi connectivity index (χ2n) is 7.16. The molecule has 0 radical (unpaired) electrons. The molecular weight excluding hydrogens is 390 g/mol. The first kappa shape index (κ1) is 22.1. The Morgan fingerprint density at radius 1 is 1.19 bits per heavy atom. The number of sulfonamides is 1. The number of nitrogens with zero attached hydrogens (tertiary/aromatic N) is 2. The van der Waals surface area contributed by atoms with Gasteiger partial charge in [0, 0.05) is 44.3 Å². The van der Waals surface area contributed by atoms with Crippen LogP contribution in [0.2, 0.25) is 0 Å². The van der Waals surface area contributed by atoms with Gasteiger partial charge in [-0.25, -0.2) is 8.42 Å². The Morgan fingerprint density at radius 2 is 1.85 bits per heavy atom. The van der Waals surface area contributed by atoms with Crippen molar-refractivity contribution in [3.63, 3.8) is 0 Å². The van der Waals surface area contributed by atoms with Gasteiger partial charge in [-0.2, -0.15) is 4.31 Å². The van der Waals surface area contributed by atoms with Crippen molar-refractivity contribution in [2.45, 2.75) is 43.9 Å². The summed E-state index contributed by atoms with van der Waals surface area (Å²) in [4.78, 5) is 14.8. The Morgan fingerprint density at radius 3 is 2.48 bits per heavy atom. The third-order valence-corrected chi connectivity index (χ3v) is 6.69. The van der Waals surface area contributed by atoms with Crippen LogP contribution in [0.5, 0.6) is 0 Å². The van der Waals surface area contributed by atoms with Crippen LogP contribution >= 0.6 is 12.4 Å². The minimum absolute atomic E-state index is 0. The van der Waals surface area contributed by atoms with Crippen LogP contribution in [0.4, 0.5) is 0 Å². The molecule has 2 unspecified atom stereocenters. The van der Waals surface area contributed by atoms with Crippen LogP contribution in [-0.2, 0) is 14.8 Å². The summed E-state index contributed by atoms with van der Waals surface area (Å²) >= 11 is 0. The number of hydrogen-bond donors (Lipinski definition) is 1. The number of nitrogens with one attached hydrogen (secondary N) is 1. The molecule has 1 N–H and O–H groups in total. The number of ether oxygens (including phenoxy) is 1. The maximum absolute atomic E-state index is 13.0. The smallest absolute Gasteiger partial charge is 0.254 e. The summed E-state index contributed by atoms with van der Waals surface area (Å²) in [7, 11) is -3.66. The van der Waals surface area contributed by atoms with Gasteiger partial charge in [0.2, 0.25) is 10.0 Å². The molecule has 2 aliphatic heterocycles. The Labute approximate surface area is 167 Å². The number of piperazine rings is 1. The second kappa shape index (κ2) is 8.87. The molecule has 3 rings (SSSR count). The fraction of sp³-hybridized carbons (Fsp3) is 0.611. The van der Waals surface area contributed by atoms with Crippen LogP contribution in [0.25, 0.3) is 0 Å². The van der Waals surface area contributed by atoms with Crippen molar-refractivity contribution >= 4 is 28.3 Å². The molecule has 7 nitrogen and oxygen atoms in total. The zero-order chi connectivity index (χ0) is 18.9. The van der Waals surface area contributed by atoms with E-state index in [-0.39, 0.29) is 41.5 Å². The molecule has 27 heavy (non-hydrogen) atoms. The van der Waals surface area contributed by atoms with Gasteiger partial charge in [0.15, 0.2) is 0 Å². The quantitative estimate of drug-likeness (QED) is 0.802. The van der Waals surface area contributed by atoms with Crippen molar-refractivity contribution in [3.8, 4) is 0 Å². The lowest BCUT2D eigenvalue weighted by molar-refractivity contribution is -0.0440. The summed E-state index contributed by atoms with van der Waals surface area (Å²) in [5, 5.41) is 3.25. The molecule has 1 amide bonds. The molecule has 2 fully saturated rings. The van der Waals surface area contributed by atoms with Crippen LogP contribution < -0.4 is 5.32 Å². The van der Waals surface area contributed by atoms with E-state index in [1.54, 1.807) is 23.1 Å². The molecule has 0 aromatic heterocycles. The van der Waals surface area contributed by atoms with E-state index in [0.29, 0.717) is 25.2 Å². The largest absolute Gasteiger partial charge is 0.373 e. The van der Waals surface area contributed by atoms with Crippen molar-refractivity contribution in [3.05, 3.63) is 29.8 Å². The Kier molecular flexibility index (Phi) is 7.27. The average Bonchev–Trinajstić information content (AvgIpc) is 2.61. The molecule has 1 aromatic rings. The zero-order valence-corrected chi connectivity index (χ0v) is 17.6. The number of morpholine rings is 1. The van der Waals surface area contributed by atoms with Crippen molar-refractivity contribution < 1.29 is 17.9 Å². The highest BCUT2D eigenvalue weighted by Gasteiger charge is 2.33. The molecule has 2 saturated heterocycles. The number of hydrogen-bond acceptors (Lipinski definition) is 5. The summed E-state index contributed by atoms with van der Waals surface area (Å²) in [5.41, 5.74) is 0.411. The van der Waals surface area contributed by atoms with Crippen LogP contribution in [0, 0.1) is 0 Å². The molecule has 152 valence electrons. The van der Waals surface area contributed by atoms with Gasteiger partial charge in [-0.05, 0) is 39.0 Å². The Hall–Kier alpha value is -1.19. The van der Waals surface area contributed by atoms with Crippen molar-refractivity contribution in [1.29, 1.82) is 0 Å². The highest BCUT2D eigenvalue weighted by Crippen LogP contribution is 2.22. The third-order valence-electron chi connectivity index (χ3n) is 4.87. The van der Waals surface area contributed by atoms with E-state index in [1.807, 2.05) is 20.8 Å². The highest BCUT2D eigenvalue weighted by atomic mass is 35.5. The number of carbonyl (C=O) groups is 1. The first-order valence-corrected chi connectivity index (χ1v) is 10.5. The van der Waals surface area contributed by atoms with E-state index in [9.17, 15) is 13.2 Å². The molecule has 0 spiro atoms. The van der Waals surface area contributed by atoms with Gasteiger partial charge >= 0.3 is 0 Å². The lowest BCUT2D eigenvalue weighted by Crippen LogP contribution is -2.52. The second-order valence-corrected chi connectivity index (χ2v) is 9.10. The Bertz CT molecular complexity index is 764. The van der Waals surface area contributed by atoms with Crippen molar-refractivity contribution in [2.24, 2.45) is 0 Å². The monoisotopic (exact) mass is 417 g/mol. The molecule has 0 bridgehead atoms. The molecule has 3 atom stereocenters. The first-order valence-electron chi connectivity index (χ1n) is 9.06. The minimum atomic E-state index is -3.66.